The van der Waals surface area contributed by atoms with Crippen LogP contribution in [0.1, 0.15) is 32.1 Å². The molecule has 3 aliphatic heterocycles. The topological polar surface area (TPSA) is 186 Å². The highest BCUT2D eigenvalue weighted by molar-refractivity contribution is 7.80. The fraction of sp³-hybridized carbons (Fsp3) is 0.714. The number of rotatable bonds is 4. The number of nitrogens with one attached hydrogen (secondary N) is 2. The van der Waals surface area contributed by atoms with E-state index in [2.05, 4.69) is 15.1 Å². The molecule has 29 heavy (non-hydrogen) atoms. The van der Waals surface area contributed by atoms with E-state index in [1.165, 1.54) is 0 Å². The first-order valence-corrected chi connectivity index (χ1v) is 10.3. The molecule has 3 fully saturated rings. The van der Waals surface area contributed by atoms with Crippen molar-refractivity contribution in [2.75, 3.05) is 13.1 Å². The average molecular weight is 435 g/mol. The summed E-state index contributed by atoms with van der Waals surface area (Å²) in [7, 11) is -4.89. The van der Waals surface area contributed by atoms with E-state index in [4.69, 9.17) is 4.55 Å². The Bertz CT molecular complexity index is 818. The molecule has 0 unspecified atom stereocenters. The second-order valence-electron chi connectivity index (χ2n) is 6.98. The first-order valence-electron chi connectivity index (χ1n) is 8.94. The highest BCUT2D eigenvalue weighted by Crippen LogP contribution is 2.30. The van der Waals surface area contributed by atoms with E-state index < -0.39 is 52.5 Å². The summed E-state index contributed by atoms with van der Waals surface area (Å²) in [5.74, 6) is -1.39. The van der Waals surface area contributed by atoms with E-state index in [9.17, 15) is 32.7 Å². The van der Waals surface area contributed by atoms with Crippen LogP contribution in [0.5, 0.6) is 0 Å². The lowest BCUT2D eigenvalue weighted by atomic mass is 10.0. The smallest absolute Gasteiger partial charge is 0.418 e. The van der Waals surface area contributed by atoms with E-state index in [0.717, 1.165) is 9.80 Å². The van der Waals surface area contributed by atoms with E-state index in [-0.39, 0.29) is 25.9 Å². The van der Waals surface area contributed by atoms with E-state index in [1.54, 1.807) is 0 Å². The molecule has 0 aromatic heterocycles. The van der Waals surface area contributed by atoms with Gasteiger partial charge in [-0.15, -0.1) is 4.28 Å². The Labute approximate surface area is 165 Å². The summed E-state index contributed by atoms with van der Waals surface area (Å²) in [6, 6.07) is -3.46. The van der Waals surface area contributed by atoms with E-state index in [0.29, 0.717) is 24.3 Å². The highest BCUT2D eigenvalue weighted by atomic mass is 32.3. The molecule has 3 rings (SSSR count). The second-order valence-corrected chi connectivity index (χ2v) is 7.98. The average Bonchev–Trinajstić information content (AvgIpc) is 2.89. The summed E-state index contributed by atoms with van der Waals surface area (Å²) in [4.78, 5) is 50.4. The highest BCUT2D eigenvalue weighted by Gasteiger charge is 2.49. The molecule has 3 atom stereocenters. The molecule has 0 saturated carbocycles. The number of hydrazine groups is 1. The molecule has 0 aliphatic carbocycles. The molecule has 3 heterocycles. The van der Waals surface area contributed by atoms with Gasteiger partial charge in [-0.1, -0.05) is 0 Å². The second kappa shape index (κ2) is 8.00. The van der Waals surface area contributed by atoms with Gasteiger partial charge in [-0.05, 0) is 32.1 Å². The van der Waals surface area contributed by atoms with Gasteiger partial charge in [0.15, 0.2) is 0 Å². The fourth-order valence-electron chi connectivity index (χ4n) is 3.83. The van der Waals surface area contributed by atoms with Crippen molar-refractivity contribution in [2.45, 2.75) is 50.2 Å². The molecule has 2 bridgehead atoms. The Morgan fingerprint density at radius 3 is 2.31 bits per heavy atom. The standard InChI is InChI=1S/C14H21N5O9S/c20-11(9-3-1-2-6-17(9)14(23)24)15-16-12(21)10-5-4-8-7-18(10)13(22)19(8)28-29(25,26)27/h8-10H,1-7H2,(H,15,20)(H,16,21)(H,23,24)(H,25,26,27)/t8-,9-,10+/m1/s1. The van der Waals surface area contributed by atoms with Crippen LogP contribution in [0.2, 0.25) is 0 Å². The number of urea groups is 1. The van der Waals surface area contributed by atoms with Crippen LogP contribution in [-0.2, 0) is 24.3 Å². The molecule has 0 aromatic rings. The number of piperidine rings is 2. The molecule has 3 aliphatic rings. The first kappa shape index (κ1) is 21.1. The third-order valence-corrected chi connectivity index (χ3v) is 5.51. The molecular weight excluding hydrogens is 414 g/mol. The van der Waals surface area contributed by atoms with Crippen LogP contribution in [0.15, 0.2) is 0 Å². The molecule has 14 nitrogen and oxygen atoms in total. The Morgan fingerprint density at radius 2 is 1.69 bits per heavy atom. The van der Waals surface area contributed by atoms with Crippen LogP contribution in [0, 0.1) is 0 Å². The Kier molecular flexibility index (Phi) is 5.81. The number of carbonyl (C=O) groups is 4. The van der Waals surface area contributed by atoms with Crippen molar-refractivity contribution in [3.63, 3.8) is 0 Å². The molecule has 0 spiro atoms. The number of carboxylic acid groups (broad SMARTS) is 1. The Morgan fingerprint density at radius 1 is 1.03 bits per heavy atom. The molecule has 4 N–H and O–H groups in total. The van der Waals surface area contributed by atoms with Crippen molar-refractivity contribution in [3.8, 4) is 0 Å². The van der Waals surface area contributed by atoms with Crippen LogP contribution in [-0.4, -0.2) is 88.1 Å². The lowest BCUT2D eigenvalue weighted by Gasteiger charge is -2.33. The largest absolute Gasteiger partial charge is 0.465 e. The third kappa shape index (κ3) is 4.51. The quantitative estimate of drug-likeness (QED) is 0.306. The number of fused-ring (bicyclic) bond motifs is 2. The van der Waals surface area contributed by atoms with Gasteiger partial charge in [0.25, 0.3) is 11.8 Å². The predicted molar refractivity (Wildman–Crippen MR) is 92.0 cm³/mol. The monoisotopic (exact) mass is 435 g/mol. The van der Waals surface area contributed by atoms with Gasteiger partial charge in [0, 0.05) is 13.1 Å². The lowest BCUT2D eigenvalue weighted by Crippen LogP contribution is -2.58. The van der Waals surface area contributed by atoms with Crippen LogP contribution in [0.4, 0.5) is 9.59 Å². The number of likely N-dealkylation sites (tertiary alicyclic amines) is 1. The van der Waals surface area contributed by atoms with Gasteiger partial charge in [-0.25, -0.2) is 9.59 Å². The van der Waals surface area contributed by atoms with Crippen molar-refractivity contribution in [2.24, 2.45) is 0 Å². The van der Waals surface area contributed by atoms with Crippen LogP contribution >= 0.6 is 0 Å². The molecule has 5 amide bonds. The van der Waals surface area contributed by atoms with Gasteiger partial charge < -0.3 is 10.0 Å². The van der Waals surface area contributed by atoms with Gasteiger partial charge in [0.2, 0.25) is 0 Å². The van der Waals surface area contributed by atoms with Crippen molar-refractivity contribution in [1.82, 2.24) is 25.7 Å². The molecule has 3 saturated heterocycles. The summed E-state index contributed by atoms with van der Waals surface area (Å²) in [5, 5.41) is 9.69. The van der Waals surface area contributed by atoms with Crippen molar-refractivity contribution in [1.29, 1.82) is 0 Å². The molecular formula is C14H21N5O9S. The maximum Gasteiger partial charge on any atom is 0.418 e. The van der Waals surface area contributed by atoms with E-state index >= 15 is 0 Å². The summed E-state index contributed by atoms with van der Waals surface area (Å²) in [6.07, 6.45) is 0.825. The Balaban J connectivity index is 1.58. The van der Waals surface area contributed by atoms with Gasteiger partial charge in [-0.3, -0.25) is 29.9 Å². The predicted octanol–water partition coefficient (Wildman–Crippen LogP) is -1.33. The minimum atomic E-state index is -4.89. The van der Waals surface area contributed by atoms with Crippen molar-refractivity contribution < 1.29 is 41.5 Å². The Hall–Kier alpha value is -2.65. The fourth-order valence-corrected chi connectivity index (χ4v) is 4.22. The SMILES string of the molecule is O=C(NNC(=O)[C@@H]1CC[C@@H]2CN1C(=O)N2OS(=O)(=O)O)[C@H]1CCCCN1C(=O)O. The maximum atomic E-state index is 12.4. The maximum absolute atomic E-state index is 12.4. The summed E-state index contributed by atoms with van der Waals surface area (Å²) in [6.45, 7) is 0.229. The number of amides is 5. The number of hydroxylamine groups is 2. The number of hydrogen-bond donors (Lipinski definition) is 4. The third-order valence-electron chi connectivity index (χ3n) is 5.16. The van der Waals surface area contributed by atoms with Gasteiger partial charge in [0.1, 0.15) is 12.1 Å². The normalized spacial score (nSPS) is 27.0. The summed E-state index contributed by atoms with van der Waals surface area (Å²) in [5.41, 5.74) is 4.39. The molecule has 15 heteroatoms. The van der Waals surface area contributed by atoms with Gasteiger partial charge in [0.05, 0.1) is 6.04 Å². The van der Waals surface area contributed by atoms with Crippen molar-refractivity contribution >= 4 is 34.3 Å². The molecule has 0 radical (unpaired) electrons. The van der Waals surface area contributed by atoms with Gasteiger partial charge in [-0.2, -0.15) is 13.5 Å². The number of carbonyl (C=O) groups excluding carboxylic acids is 3. The zero-order valence-corrected chi connectivity index (χ0v) is 16.0. The van der Waals surface area contributed by atoms with Gasteiger partial charge >= 0.3 is 22.5 Å². The van der Waals surface area contributed by atoms with Crippen LogP contribution in [0.3, 0.4) is 0 Å². The molecule has 0 aromatic carbocycles. The summed E-state index contributed by atoms with van der Waals surface area (Å²) < 4.78 is 34.8. The molecule has 162 valence electrons. The first-order chi connectivity index (χ1) is 13.6. The summed E-state index contributed by atoms with van der Waals surface area (Å²) >= 11 is 0. The zero-order chi connectivity index (χ0) is 21.3. The van der Waals surface area contributed by atoms with Crippen LogP contribution < -0.4 is 10.9 Å². The van der Waals surface area contributed by atoms with Crippen molar-refractivity contribution in [3.05, 3.63) is 0 Å². The van der Waals surface area contributed by atoms with Crippen LogP contribution in [0.25, 0.3) is 0 Å². The van der Waals surface area contributed by atoms with E-state index in [1.807, 2.05) is 0 Å². The number of nitrogens with zero attached hydrogens (tertiary/aromatic N) is 3. The number of hydrogen-bond acceptors (Lipinski definition) is 7. The minimum absolute atomic E-state index is 0.00973. The minimum Gasteiger partial charge on any atom is -0.465 e. The zero-order valence-electron chi connectivity index (χ0n) is 15.2. The lowest BCUT2D eigenvalue weighted by molar-refractivity contribution is -0.134.